The van der Waals surface area contributed by atoms with Crippen LogP contribution >= 0.6 is 0 Å². The third kappa shape index (κ3) is 1.33. The maximum absolute atomic E-state index is 12.3. The van der Waals surface area contributed by atoms with E-state index in [9.17, 15) is 9.59 Å². The summed E-state index contributed by atoms with van der Waals surface area (Å²) in [5, 5.41) is 3.25. The fourth-order valence-corrected chi connectivity index (χ4v) is 3.15. The topological polar surface area (TPSA) is 49.4 Å². The molecule has 0 aliphatic carbocycles. The summed E-state index contributed by atoms with van der Waals surface area (Å²) in [6.07, 6.45) is 7.96. The first kappa shape index (κ1) is 10.0. The molecule has 0 spiro atoms. The van der Waals surface area contributed by atoms with Crippen LogP contribution in [0.4, 0.5) is 0 Å². The van der Waals surface area contributed by atoms with Gasteiger partial charge in [0.1, 0.15) is 6.29 Å². The number of amides is 1. The number of rotatable bonds is 1. The second-order valence-corrected chi connectivity index (χ2v) is 4.86. The van der Waals surface area contributed by atoms with Crippen molar-refractivity contribution in [1.29, 1.82) is 0 Å². The van der Waals surface area contributed by atoms with Gasteiger partial charge in [0.25, 0.3) is 0 Å². The minimum atomic E-state index is -0.205. The van der Waals surface area contributed by atoms with Gasteiger partial charge in [-0.3, -0.25) is 4.79 Å². The van der Waals surface area contributed by atoms with E-state index in [1.165, 1.54) is 0 Å². The van der Waals surface area contributed by atoms with E-state index in [4.69, 9.17) is 0 Å². The normalized spacial score (nSPS) is 41.8. The lowest BCUT2D eigenvalue weighted by molar-refractivity contribution is -0.137. The SMILES string of the molecule is O=C[C@@H]1CC[C@@H]2C=C[C@H]3CCN[C@@H]3C(=O)N12. The molecular weight excluding hydrogens is 204 g/mol. The first-order valence-corrected chi connectivity index (χ1v) is 6.00. The summed E-state index contributed by atoms with van der Waals surface area (Å²) in [6.45, 7) is 0.898. The number of hydrogen-bond acceptors (Lipinski definition) is 3. The Balaban J connectivity index is 1.93. The van der Waals surface area contributed by atoms with E-state index in [1.807, 2.05) is 0 Å². The van der Waals surface area contributed by atoms with E-state index in [-0.39, 0.29) is 24.0 Å². The number of carbonyl (C=O) groups excluding carboxylic acids is 2. The van der Waals surface area contributed by atoms with Crippen LogP contribution in [0.25, 0.3) is 0 Å². The first-order valence-electron chi connectivity index (χ1n) is 6.00. The number of fused-ring (bicyclic) bond motifs is 2. The van der Waals surface area contributed by atoms with Gasteiger partial charge in [-0.25, -0.2) is 0 Å². The van der Waals surface area contributed by atoms with E-state index in [0.717, 1.165) is 32.1 Å². The van der Waals surface area contributed by atoms with Crippen LogP contribution in [0, 0.1) is 5.92 Å². The van der Waals surface area contributed by atoms with Crippen molar-refractivity contribution >= 4 is 12.2 Å². The lowest BCUT2D eigenvalue weighted by Gasteiger charge is -2.27. The third-order valence-corrected chi connectivity index (χ3v) is 4.00. The third-order valence-electron chi connectivity index (χ3n) is 4.00. The zero-order chi connectivity index (χ0) is 11.1. The quantitative estimate of drug-likeness (QED) is 0.503. The Kier molecular flexibility index (Phi) is 2.32. The average molecular weight is 220 g/mol. The number of aldehydes is 1. The molecule has 3 aliphatic rings. The van der Waals surface area contributed by atoms with Gasteiger partial charge < -0.3 is 15.0 Å². The summed E-state index contributed by atoms with van der Waals surface area (Å²) >= 11 is 0. The summed E-state index contributed by atoms with van der Waals surface area (Å²) in [5.41, 5.74) is 0. The zero-order valence-corrected chi connectivity index (χ0v) is 9.13. The number of nitrogens with one attached hydrogen (secondary N) is 1. The molecule has 3 rings (SSSR count). The average Bonchev–Trinajstić information content (AvgIpc) is 2.89. The predicted octanol–water partition coefficient (Wildman–Crippen LogP) is 0.0928. The van der Waals surface area contributed by atoms with Crippen molar-refractivity contribution in [2.45, 2.75) is 37.4 Å². The molecule has 0 aromatic heterocycles. The Bertz CT molecular complexity index is 353. The van der Waals surface area contributed by atoms with E-state index < -0.39 is 0 Å². The van der Waals surface area contributed by atoms with Crippen molar-refractivity contribution in [2.75, 3.05) is 6.54 Å². The Hall–Kier alpha value is -1.16. The van der Waals surface area contributed by atoms with Crippen LogP contribution in [0.1, 0.15) is 19.3 Å². The lowest BCUT2D eigenvalue weighted by Crippen LogP contribution is -2.49. The molecule has 1 N–H and O–H groups in total. The Morgan fingerprint density at radius 2 is 2.19 bits per heavy atom. The molecule has 0 saturated carbocycles. The summed E-state index contributed by atoms with van der Waals surface area (Å²) in [5.74, 6) is 0.442. The highest BCUT2D eigenvalue weighted by Crippen LogP contribution is 2.31. The number of nitrogens with zero attached hydrogens (tertiary/aromatic N) is 1. The van der Waals surface area contributed by atoms with Gasteiger partial charge in [-0.2, -0.15) is 0 Å². The van der Waals surface area contributed by atoms with Crippen LogP contribution in [0.3, 0.4) is 0 Å². The minimum Gasteiger partial charge on any atom is -0.325 e. The molecule has 0 aromatic rings. The first-order chi connectivity index (χ1) is 7.81. The van der Waals surface area contributed by atoms with Gasteiger partial charge in [-0.1, -0.05) is 12.2 Å². The van der Waals surface area contributed by atoms with Crippen LogP contribution in [-0.2, 0) is 9.59 Å². The standard InChI is InChI=1S/C12H16N2O2/c15-7-10-4-3-9-2-1-8-5-6-13-11(8)12(16)14(9)10/h1-2,7-11,13H,3-6H2/t8-,9-,10-,11-/m0/s1. The molecule has 0 radical (unpaired) electrons. The highest BCUT2D eigenvalue weighted by Gasteiger charge is 2.43. The van der Waals surface area contributed by atoms with Gasteiger partial charge in [-0.05, 0) is 25.8 Å². The van der Waals surface area contributed by atoms with Crippen LogP contribution < -0.4 is 5.32 Å². The molecule has 4 atom stereocenters. The van der Waals surface area contributed by atoms with E-state index in [1.54, 1.807) is 4.90 Å². The van der Waals surface area contributed by atoms with Gasteiger partial charge in [0.15, 0.2) is 0 Å². The van der Waals surface area contributed by atoms with Crippen molar-refractivity contribution in [2.24, 2.45) is 5.92 Å². The zero-order valence-electron chi connectivity index (χ0n) is 9.13. The Labute approximate surface area is 94.7 Å². The minimum absolute atomic E-state index is 0.0956. The van der Waals surface area contributed by atoms with Crippen LogP contribution in [0.5, 0.6) is 0 Å². The van der Waals surface area contributed by atoms with E-state index in [0.29, 0.717) is 5.92 Å². The second kappa shape index (κ2) is 3.70. The van der Waals surface area contributed by atoms with Crippen LogP contribution in [0.15, 0.2) is 12.2 Å². The monoisotopic (exact) mass is 220 g/mol. The number of carbonyl (C=O) groups is 2. The van der Waals surface area contributed by atoms with Crippen molar-refractivity contribution in [3.05, 3.63) is 12.2 Å². The maximum Gasteiger partial charge on any atom is 0.241 e. The van der Waals surface area contributed by atoms with Crippen LogP contribution in [-0.4, -0.2) is 41.8 Å². The fraction of sp³-hybridized carbons (Fsp3) is 0.667. The van der Waals surface area contributed by atoms with Gasteiger partial charge in [0.2, 0.25) is 5.91 Å². The van der Waals surface area contributed by atoms with Gasteiger partial charge in [-0.15, -0.1) is 0 Å². The smallest absolute Gasteiger partial charge is 0.241 e. The van der Waals surface area contributed by atoms with Crippen molar-refractivity contribution in [3.63, 3.8) is 0 Å². The molecule has 0 unspecified atom stereocenters. The molecule has 1 amide bonds. The largest absolute Gasteiger partial charge is 0.325 e. The molecule has 86 valence electrons. The van der Waals surface area contributed by atoms with Crippen molar-refractivity contribution in [3.8, 4) is 0 Å². The maximum atomic E-state index is 12.3. The Morgan fingerprint density at radius 3 is 3.00 bits per heavy atom. The molecule has 2 saturated heterocycles. The molecule has 3 heterocycles. The van der Waals surface area contributed by atoms with Gasteiger partial charge >= 0.3 is 0 Å². The molecule has 3 aliphatic heterocycles. The van der Waals surface area contributed by atoms with Crippen molar-refractivity contribution in [1.82, 2.24) is 10.2 Å². The molecule has 2 fully saturated rings. The summed E-state index contributed by atoms with van der Waals surface area (Å²) < 4.78 is 0. The van der Waals surface area contributed by atoms with Crippen molar-refractivity contribution < 1.29 is 9.59 Å². The molecule has 0 bridgehead atoms. The highest BCUT2D eigenvalue weighted by atomic mass is 16.2. The molecule has 4 heteroatoms. The lowest BCUT2D eigenvalue weighted by atomic mass is 9.99. The van der Waals surface area contributed by atoms with Crippen LogP contribution in [0.2, 0.25) is 0 Å². The summed E-state index contributed by atoms with van der Waals surface area (Å²) in [6, 6.07) is -0.153. The van der Waals surface area contributed by atoms with E-state index in [2.05, 4.69) is 17.5 Å². The highest BCUT2D eigenvalue weighted by molar-refractivity contribution is 5.87. The number of hydrogen-bond donors (Lipinski definition) is 1. The molecule has 0 aromatic carbocycles. The Morgan fingerprint density at radius 1 is 1.31 bits per heavy atom. The summed E-state index contributed by atoms with van der Waals surface area (Å²) in [7, 11) is 0. The molecule has 4 nitrogen and oxygen atoms in total. The fourth-order valence-electron chi connectivity index (χ4n) is 3.15. The second-order valence-electron chi connectivity index (χ2n) is 4.86. The molecule has 16 heavy (non-hydrogen) atoms. The van der Waals surface area contributed by atoms with Gasteiger partial charge in [0, 0.05) is 5.92 Å². The summed E-state index contributed by atoms with van der Waals surface area (Å²) in [4.78, 5) is 25.1. The predicted molar refractivity (Wildman–Crippen MR) is 58.8 cm³/mol. The van der Waals surface area contributed by atoms with E-state index >= 15 is 0 Å². The molecular formula is C12H16N2O2. The van der Waals surface area contributed by atoms with Gasteiger partial charge in [0.05, 0.1) is 18.1 Å².